The van der Waals surface area contributed by atoms with E-state index in [1.54, 1.807) is 0 Å². The van der Waals surface area contributed by atoms with E-state index in [4.69, 9.17) is 10.8 Å². The molecule has 4 fully saturated rings. The highest BCUT2D eigenvalue weighted by Gasteiger charge is 2.48. The fraction of sp³-hybridized carbons (Fsp3) is 0.964. The normalized spacial score (nSPS) is 28.4. The summed E-state index contributed by atoms with van der Waals surface area (Å²) < 4.78 is 0. The van der Waals surface area contributed by atoms with Crippen molar-refractivity contribution in [1.29, 1.82) is 0 Å². The fourth-order valence-electron chi connectivity index (χ4n) is 6.83. The van der Waals surface area contributed by atoms with Crippen molar-refractivity contribution in [1.82, 2.24) is 0 Å². The zero-order valence-electron chi connectivity index (χ0n) is 20.7. The van der Waals surface area contributed by atoms with Crippen LogP contribution in [-0.2, 0) is 4.79 Å². The number of hydrogen-bond acceptors (Lipinski definition) is 2. The second kappa shape index (κ2) is 15.3. The minimum Gasteiger partial charge on any atom is -0.481 e. The second-order valence-electron chi connectivity index (χ2n) is 11.4. The van der Waals surface area contributed by atoms with Gasteiger partial charge in [-0.2, -0.15) is 0 Å². The molecular weight excluding hydrogens is 382 g/mol. The lowest BCUT2D eigenvalue weighted by atomic mass is 9.53. The summed E-state index contributed by atoms with van der Waals surface area (Å²) in [6.07, 6.45) is 28.8. The molecule has 182 valence electrons. The van der Waals surface area contributed by atoms with Crippen molar-refractivity contribution in [3.05, 3.63) is 0 Å². The van der Waals surface area contributed by atoms with E-state index in [-0.39, 0.29) is 0 Å². The molecule has 0 spiro atoms. The Bertz CT molecular complexity index is 440. The predicted octanol–water partition coefficient (Wildman–Crippen LogP) is 8.25. The van der Waals surface area contributed by atoms with E-state index in [0.717, 1.165) is 30.6 Å². The number of carboxylic acids is 1. The van der Waals surface area contributed by atoms with Crippen LogP contribution in [0.25, 0.3) is 0 Å². The maximum atomic E-state index is 10.3. The molecule has 3 heteroatoms. The van der Waals surface area contributed by atoms with Gasteiger partial charge in [0.05, 0.1) is 0 Å². The Hall–Kier alpha value is -0.570. The molecule has 0 radical (unpaired) electrons. The molecule has 0 aromatic rings. The number of nitrogens with two attached hydrogens (primary N) is 1. The minimum atomic E-state index is -0.653. The summed E-state index contributed by atoms with van der Waals surface area (Å²) in [5.74, 6) is 2.41. The summed E-state index contributed by atoms with van der Waals surface area (Å²) in [4.78, 5) is 10.3. The van der Waals surface area contributed by atoms with Crippen molar-refractivity contribution in [2.45, 2.75) is 154 Å². The molecule has 0 aromatic carbocycles. The van der Waals surface area contributed by atoms with Gasteiger partial charge in [0.2, 0.25) is 0 Å². The molecule has 0 unspecified atom stereocenters. The molecule has 4 saturated carbocycles. The van der Waals surface area contributed by atoms with Gasteiger partial charge < -0.3 is 10.8 Å². The third-order valence-corrected chi connectivity index (χ3v) is 8.08. The van der Waals surface area contributed by atoms with Crippen molar-refractivity contribution in [3.8, 4) is 0 Å². The van der Waals surface area contributed by atoms with Gasteiger partial charge >= 0.3 is 5.97 Å². The summed E-state index contributed by atoms with van der Waals surface area (Å²) in [5.41, 5.74) is 6.62. The molecule has 4 aliphatic rings. The van der Waals surface area contributed by atoms with E-state index < -0.39 is 5.97 Å². The van der Waals surface area contributed by atoms with Crippen LogP contribution < -0.4 is 5.73 Å². The van der Waals surface area contributed by atoms with Gasteiger partial charge in [0.1, 0.15) is 0 Å². The van der Waals surface area contributed by atoms with Crippen LogP contribution in [0.3, 0.4) is 0 Å². The SMILES string of the molecule is CCCCCCCCCCCCCCCCCC(=O)O.NC12CC3CC(CC(C3)C1)C2. The number of hydrogen-bond donors (Lipinski definition) is 2. The summed E-state index contributed by atoms with van der Waals surface area (Å²) in [5, 5.41) is 8.52. The highest BCUT2D eigenvalue weighted by atomic mass is 16.4. The Kier molecular flexibility index (Phi) is 13.2. The molecule has 0 heterocycles. The zero-order valence-corrected chi connectivity index (χ0v) is 20.7. The number of carboxylic acid groups (broad SMARTS) is 1. The molecule has 3 N–H and O–H groups in total. The maximum Gasteiger partial charge on any atom is 0.303 e. The van der Waals surface area contributed by atoms with E-state index in [9.17, 15) is 4.79 Å². The Morgan fingerprint density at radius 3 is 1.29 bits per heavy atom. The Balaban J connectivity index is 0.000000254. The minimum absolute atomic E-state index is 0.300. The molecule has 0 atom stereocenters. The quantitative estimate of drug-likeness (QED) is 0.240. The number of rotatable bonds is 16. The molecule has 0 aromatic heterocycles. The van der Waals surface area contributed by atoms with E-state index in [1.165, 1.54) is 122 Å². The molecular formula is C28H53NO2. The van der Waals surface area contributed by atoms with Gasteiger partial charge in [0.25, 0.3) is 0 Å². The topological polar surface area (TPSA) is 63.3 Å². The Labute approximate surface area is 193 Å². The molecule has 4 bridgehead atoms. The van der Waals surface area contributed by atoms with Gasteiger partial charge in [-0.15, -0.1) is 0 Å². The maximum absolute atomic E-state index is 10.3. The average molecular weight is 436 g/mol. The largest absolute Gasteiger partial charge is 0.481 e. The zero-order chi connectivity index (χ0) is 22.4. The lowest BCUT2D eigenvalue weighted by molar-refractivity contribution is -0.137. The fourth-order valence-corrected chi connectivity index (χ4v) is 6.83. The van der Waals surface area contributed by atoms with Gasteiger partial charge in [-0.1, -0.05) is 96.8 Å². The van der Waals surface area contributed by atoms with Gasteiger partial charge in [-0.3, -0.25) is 4.79 Å². The Morgan fingerprint density at radius 2 is 1.00 bits per heavy atom. The molecule has 4 rings (SSSR count). The number of carbonyl (C=O) groups is 1. The van der Waals surface area contributed by atoms with Crippen LogP contribution in [-0.4, -0.2) is 16.6 Å². The molecule has 0 aliphatic heterocycles. The van der Waals surface area contributed by atoms with E-state index in [2.05, 4.69) is 6.92 Å². The number of unbranched alkanes of at least 4 members (excludes halogenated alkanes) is 14. The van der Waals surface area contributed by atoms with Crippen LogP contribution >= 0.6 is 0 Å². The van der Waals surface area contributed by atoms with E-state index in [1.807, 2.05) is 0 Å². The molecule has 0 amide bonds. The van der Waals surface area contributed by atoms with Crippen molar-refractivity contribution in [2.75, 3.05) is 0 Å². The van der Waals surface area contributed by atoms with Gasteiger partial charge in [0, 0.05) is 12.0 Å². The number of aliphatic carboxylic acids is 1. The first kappa shape index (κ1) is 26.7. The van der Waals surface area contributed by atoms with Crippen molar-refractivity contribution in [2.24, 2.45) is 23.5 Å². The Morgan fingerprint density at radius 1 is 0.677 bits per heavy atom. The van der Waals surface area contributed by atoms with Crippen LogP contribution in [0.15, 0.2) is 0 Å². The third-order valence-electron chi connectivity index (χ3n) is 8.08. The lowest BCUT2D eigenvalue weighted by Gasteiger charge is -2.55. The summed E-state index contributed by atoms with van der Waals surface area (Å²) >= 11 is 0. The van der Waals surface area contributed by atoms with E-state index in [0.29, 0.717) is 12.0 Å². The van der Waals surface area contributed by atoms with Gasteiger partial charge in [0.15, 0.2) is 0 Å². The van der Waals surface area contributed by atoms with Crippen LogP contribution in [0.1, 0.15) is 148 Å². The van der Waals surface area contributed by atoms with Crippen LogP contribution in [0, 0.1) is 17.8 Å². The van der Waals surface area contributed by atoms with Crippen molar-refractivity contribution >= 4 is 5.97 Å². The third kappa shape index (κ3) is 11.7. The van der Waals surface area contributed by atoms with Gasteiger partial charge in [-0.25, -0.2) is 0 Å². The molecule has 4 aliphatic carbocycles. The first-order valence-corrected chi connectivity index (χ1v) is 14.0. The average Bonchev–Trinajstić information content (AvgIpc) is 2.69. The van der Waals surface area contributed by atoms with Crippen LogP contribution in [0.5, 0.6) is 0 Å². The second-order valence-corrected chi connectivity index (χ2v) is 11.4. The van der Waals surface area contributed by atoms with Crippen LogP contribution in [0.2, 0.25) is 0 Å². The summed E-state index contributed by atoms with van der Waals surface area (Å²) in [6.45, 7) is 2.27. The predicted molar refractivity (Wildman–Crippen MR) is 132 cm³/mol. The smallest absolute Gasteiger partial charge is 0.303 e. The lowest BCUT2D eigenvalue weighted by Crippen LogP contribution is -2.55. The molecule has 31 heavy (non-hydrogen) atoms. The summed E-state index contributed by atoms with van der Waals surface area (Å²) in [7, 11) is 0. The van der Waals surface area contributed by atoms with Crippen LogP contribution in [0.4, 0.5) is 0 Å². The first-order valence-electron chi connectivity index (χ1n) is 14.0. The molecule has 3 nitrogen and oxygen atoms in total. The standard InChI is InChI=1S/C18H36O2.C10H17N/c1-2-3-4-5-6-7-8-9-10-11-12-13-14-15-16-17-18(19)20;11-10-4-7-1-8(5-10)3-9(2-7)6-10/h2-17H2,1H3,(H,19,20);7-9H,1-6,11H2. The molecule has 0 saturated heterocycles. The summed E-state index contributed by atoms with van der Waals surface area (Å²) in [6, 6.07) is 0. The monoisotopic (exact) mass is 435 g/mol. The van der Waals surface area contributed by atoms with Crippen molar-refractivity contribution in [3.63, 3.8) is 0 Å². The van der Waals surface area contributed by atoms with E-state index >= 15 is 0 Å². The first-order chi connectivity index (χ1) is 15.0. The van der Waals surface area contributed by atoms with Gasteiger partial charge in [-0.05, 0) is 62.7 Å². The van der Waals surface area contributed by atoms with Crippen molar-refractivity contribution < 1.29 is 9.90 Å². The highest BCUT2D eigenvalue weighted by Crippen LogP contribution is 2.54. The highest BCUT2D eigenvalue weighted by molar-refractivity contribution is 5.66.